The van der Waals surface area contributed by atoms with Crippen LogP contribution in [0.3, 0.4) is 0 Å². The second kappa shape index (κ2) is 4.84. The number of carbonyl (C=O) groups excluding carboxylic acids is 1. The van der Waals surface area contributed by atoms with Gasteiger partial charge in [0.05, 0.1) is 0 Å². The number of aromatic nitrogens is 2. The lowest BCUT2D eigenvalue weighted by Gasteiger charge is -2.33. The van der Waals surface area contributed by atoms with Crippen molar-refractivity contribution in [2.75, 3.05) is 18.0 Å². The molecule has 1 N–H and O–H groups in total. The lowest BCUT2D eigenvalue weighted by atomic mass is 9.96. The van der Waals surface area contributed by atoms with Gasteiger partial charge >= 0.3 is 0 Å². The van der Waals surface area contributed by atoms with E-state index >= 15 is 0 Å². The second-order valence-corrected chi connectivity index (χ2v) is 6.29. The minimum absolute atomic E-state index is 0.0471. The van der Waals surface area contributed by atoms with Gasteiger partial charge < -0.3 is 10.2 Å². The van der Waals surface area contributed by atoms with E-state index in [0.29, 0.717) is 6.54 Å². The fourth-order valence-corrected chi connectivity index (χ4v) is 2.92. The van der Waals surface area contributed by atoms with Crippen molar-refractivity contribution in [2.45, 2.75) is 45.6 Å². The highest BCUT2D eigenvalue weighted by atomic mass is 32.1. The van der Waals surface area contributed by atoms with Crippen LogP contribution in [0.5, 0.6) is 0 Å². The average Bonchev–Trinajstić information content (AvgIpc) is 2.77. The zero-order chi connectivity index (χ0) is 13.3. The number of anilines is 1. The van der Waals surface area contributed by atoms with Gasteiger partial charge in [0.25, 0.3) is 0 Å². The standard InChI is InChI=1S/C12H20N4OS/c1-5-8-9(17)13-6-7-16(8)11-14-10(15-18-11)12(2,3)4/h8H,5-7H2,1-4H3,(H,13,17). The first-order valence-corrected chi connectivity index (χ1v) is 7.09. The molecule has 0 saturated carbocycles. The van der Waals surface area contributed by atoms with E-state index in [4.69, 9.17) is 0 Å². The molecule has 2 heterocycles. The summed E-state index contributed by atoms with van der Waals surface area (Å²) in [6, 6.07) is -0.112. The van der Waals surface area contributed by atoms with Crippen molar-refractivity contribution in [3.63, 3.8) is 0 Å². The van der Waals surface area contributed by atoms with Crippen molar-refractivity contribution in [2.24, 2.45) is 0 Å². The Kier molecular flexibility index (Phi) is 3.56. The summed E-state index contributed by atoms with van der Waals surface area (Å²) in [5.74, 6) is 0.944. The second-order valence-electron chi connectivity index (χ2n) is 5.56. The van der Waals surface area contributed by atoms with Crippen LogP contribution < -0.4 is 10.2 Å². The molecule has 6 heteroatoms. The highest BCUT2D eigenvalue weighted by Crippen LogP contribution is 2.27. The van der Waals surface area contributed by atoms with Gasteiger partial charge in [-0.1, -0.05) is 27.7 Å². The number of amides is 1. The van der Waals surface area contributed by atoms with Crippen molar-refractivity contribution in [1.82, 2.24) is 14.7 Å². The molecule has 0 aromatic carbocycles. The number of hydrogen-bond donors (Lipinski definition) is 1. The van der Waals surface area contributed by atoms with E-state index in [-0.39, 0.29) is 17.4 Å². The van der Waals surface area contributed by atoms with Crippen molar-refractivity contribution in [1.29, 1.82) is 0 Å². The summed E-state index contributed by atoms with van der Waals surface area (Å²) in [7, 11) is 0. The molecule has 1 unspecified atom stereocenters. The van der Waals surface area contributed by atoms with Crippen molar-refractivity contribution >= 4 is 22.6 Å². The third kappa shape index (κ3) is 2.48. The van der Waals surface area contributed by atoms with E-state index in [9.17, 15) is 4.79 Å². The molecule has 0 spiro atoms. The van der Waals surface area contributed by atoms with Gasteiger partial charge in [0, 0.05) is 30.0 Å². The average molecular weight is 268 g/mol. The molecule has 1 amide bonds. The zero-order valence-electron chi connectivity index (χ0n) is 11.4. The first-order chi connectivity index (χ1) is 8.43. The Labute approximate surface area is 112 Å². The molecule has 1 saturated heterocycles. The summed E-state index contributed by atoms with van der Waals surface area (Å²) >= 11 is 1.39. The van der Waals surface area contributed by atoms with Crippen LogP contribution in [-0.2, 0) is 10.2 Å². The summed E-state index contributed by atoms with van der Waals surface area (Å²) in [6.45, 7) is 9.80. The van der Waals surface area contributed by atoms with Gasteiger partial charge in [0.2, 0.25) is 11.0 Å². The Morgan fingerprint density at radius 1 is 1.50 bits per heavy atom. The fourth-order valence-electron chi connectivity index (χ4n) is 1.99. The maximum atomic E-state index is 11.8. The number of carbonyl (C=O) groups is 1. The zero-order valence-corrected chi connectivity index (χ0v) is 12.2. The normalized spacial score (nSPS) is 21.0. The third-order valence-electron chi connectivity index (χ3n) is 3.05. The minimum Gasteiger partial charge on any atom is -0.353 e. The van der Waals surface area contributed by atoms with E-state index in [0.717, 1.165) is 23.9 Å². The molecule has 0 aliphatic carbocycles. The number of nitrogens with zero attached hydrogens (tertiary/aromatic N) is 3. The molecule has 1 aliphatic heterocycles. The van der Waals surface area contributed by atoms with Crippen LogP contribution in [-0.4, -0.2) is 34.4 Å². The predicted molar refractivity (Wildman–Crippen MR) is 73.0 cm³/mol. The minimum atomic E-state index is -0.112. The van der Waals surface area contributed by atoms with E-state index < -0.39 is 0 Å². The van der Waals surface area contributed by atoms with E-state index in [1.54, 1.807) is 0 Å². The van der Waals surface area contributed by atoms with E-state index in [2.05, 4.69) is 40.3 Å². The van der Waals surface area contributed by atoms with E-state index in [1.807, 2.05) is 6.92 Å². The van der Waals surface area contributed by atoms with Crippen LogP contribution in [0.15, 0.2) is 0 Å². The molecule has 100 valence electrons. The Balaban J connectivity index is 2.24. The maximum absolute atomic E-state index is 11.8. The lowest BCUT2D eigenvalue weighted by Crippen LogP contribution is -2.55. The number of rotatable bonds is 2. The molecule has 1 aromatic rings. The SMILES string of the molecule is CCC1C(=O)NCCN1c1nc(C(C)(C)C)ns1. The van der Waals surface area contributed by atoms with Crippen LogP contribution in [0.4, 0.5) is 5.13 Å². The number of hydrogen-bond acceptors (Lipinski definition) is 5. The first-order valence-electron chi connectivity index (χ1n) is 6.32. The topological polar surface area (TPSA) is 58.1 Å². The molecule has 1 aliphatic rings. The molecular formula is C12H20N4OS. The Morgan fingerprint density at radius 2 is 2.22 bits per heavy atom. The van der Waals surface area contributed by atoms with Crippen molar-refractivity contribution < 1.29 is 4.79 Å². The van der Waals surface area contributed by atoms with E-state index in [1.165, 1.54) is 11.5 Å². The summed E-state index contributed by atoms with van der Waals surface area (Å²) < 4.78 is 4.41. The highest BCUT2D eigenvalue weighted by Gasteiger charge is 2.31. The van der Waals surface area contributed by atoms with Crippen LogP contribution in [0, 0.1) is 0 Å². The first kappa shape index (κ1) is 13.3. The quantitative estimate of drug-likeness (QED) is 0.884. The number of piperazine rings is 1. The van der Waals surface area contributed by atoms with Crippen molar-refractivity contribution in [3.05, 3.63) is 5.82 Å². The van der Waals surface area contributed by atoms with Gasteiger partial charge in [-0.05, 0) is 6.42 Å². The summed E-state index contributed by atoms with van der Waals surface area (Å²) in [5, 5.41) is 3.76. The Bertz CT molecular complexity index is 438. The van der Waals surface area contributed by atoms with Gasteiger partial charge in [-0.15, -0.1) is 0 Å². The van der Waals surface area contributed by atoms with Crippen LogP contribution in [0.1, 0.15) is 39.9 Å². The third-order valence-corrected chi connectivity index (χ3v) is 3.80. The van der Waals surface area contributed by atoms with Crippen LogP contribution in [0.2, 0.25) is 0 Å². The molecule has 18 heavy (non-hydrogen) atoms. The largest absolute Gasteiger partial charge is 0.353 e. The molecule has 2 rings (SSSR count). The summed E-state index contributed by atoms with van der Waals surface area (Å²) in [6.07, 6.45) is 0.788. The van der Waals surface area contributed by atoms with Gasteiger partial charge in [-0.25, -0.2) is 4.98 Å². The molecule has 1 aromatic heterocycles. The summed E-state index contributed by atoms with van der Waals surface area (Å²) in [5.41, 5.74) is -0.0471. The van der Waals surface area contributed by atoms with Crippen LogP contribution in [0.25, 0.3) is 0 Å². The van der Waals surface area contributed by atoms with Gasteiger partial charge in [0.1, 0.15) is 11.9 Å². The van der Waals surface area contributed by atoms with Gasteiger partial charge in [-0.3, -0.25) is 4.79 Å². The lowest BCUT2D eigenvalue weighted by molar-refractivity contribution is -0.123. The Morgan fingerprint density at radius 3 is 2.78 bits per heavy atom. The number of nitrogens with one attached hydrogen (secondary N) is 1. The highest BCUT2D eigenvalue weighted by molar-refractivity contribution is 7.09. The Hall–Kier alpha value is -1.17. The molecule has 1 atom stereocenters. The smallest absolute Gasteiger partial charge is 0.242 e. The van der Waals surface area contributed by atoms with Crippen LogP contribution >= 0.6 is 11.5 Å². The molecule has 5 nitrogen and oxygen atoms in total. The van der Waals surface area contributed by atoms with Gasteiger partial charge in [-0.2, -0.15) is 4.37 Å². The molecule has 0 radical (unpaired) electrons. The fraction of sp³-hybridized carbons (Fsp3) is 0.750. The van der Waals surface area contributed by atoms with Gasteiger partial charge in [0.15, 0.2) is 0 Å². The maximum Gasteiger partial charge on any atom is 0.242 e. The predicted octanol–water partition coefficient (Wildman–Crippen LogP) is 1.55. The van der Waals surface area contributed by atoms with Crippen molar-refractivity contribution in [3.8, 4) is 0 Å². The molecule has 1 fully saturated rings. The summed E-state index contributed by atoms with van der Waals surface area (Å²) in [4.78, 5) is 18.5. The molecule has 0 bridgehead atoms. The molecular weight excluding hydrogens is 248 g/mol. The monoisotopic (exact) mass is 268 g/mol.